The standard InChI is InChI=1S/C13H30N2/c1-4-7-8-10-13(9-5-2)11-12-15-14-6-3/h13-15H,4-12H2,1-3H3. The lowest BCUT2D eigenvalue weighted by Crippen LogP contribution is -2.33. The first kappa shape index (κ1) is 14.9. The highest BCUT2D eigenvalue weighted by atomic mass is 15.3. The van der Waals surface area contributed by atoms with Crippen LogP contribution in [-0.2, 0) is 0 Å². The average Bonchev–Trinajstić information content (AvgIpc) is 2.24. The van der Waals surface area contributed by atoms with Crippen LogP contribution in [0.2, 0.25) is 0 Å². The third-order valence-corrected chi connectivity index (χ3v) is 2.89. The van der Waals surface area contributed by atoms with Gasteiger partial charge in [-0.1, -0.05) is 59.3 Å². The van der Waals surface area contributed by atoms with E-state index in [9.17, 15) is 0 Å². The molecule has 0 fully saturated rings. The molecule has 0 radical (unpaired) electrons. The van der Waals surface area contributed by atoms with Crippen molar-refractivity contribution in [1.29, 1.82) is 0 Å². The van der Waals surface area contributed by atoms with E-state index in [-0.39, 0.29) is 0 Å². The number of unbranched alkanes of at least 4 members (excludes halogenated alkanes) is 2. The Bertz CT molecular complexity index is 115. The van der Waals surface area contributed by atoms with Gasteiger partial charge in [0, 0.05) is 13.1 Å². The molecule has 0 spiro atoms. The molecule has 15 heavy (non-hydrogen) atoms. The van der Waals surface area contributed by atoms with E-state index in [4.69, 9.17) is 0 Å². The number of rotatable bonds is 11. The first-order chi connectivity index (χ1) is 7.35. The molecular formula is C13H30N2. The summed E-state index contributed by atoms with van der Waals surface area (Å²) in [5.74, 6) is 0.938. The molecule has 2 nitrogen and oxygen atoms in total. The Morgan fingerprint density at radius 3 is 2.20 bits per heavy atom. The van der Waals surface area contributed by atoms with Crippen LogP contribution in [0.1, 0.15) is 65.7 Å². The number of hydrazine groups is 1. The van der Waals surface area contributed by atoms with Crippen molar-refractivity contribution in [3.63, 3.8) is 0 Å². The molecule has 0 aromatic heterocycles. The van der Waals surface area contributed by atoms with Gasteiger partial charge in [0.25, 0.3) is 0 Å². The van der Waals surface area contributed by atoms with E-state index in [1.165, 1.54) is 44.9 Å². The maximum Gasteiger partial charge on any atom is 0.0102 e. The average molecular weight is 214 g/mol. The third kappa shape index (κ3) is 10.2. The van der Waals surface area contributed by atoms with Gasteiger partial charge in [-0.3, -0.25) is 10.9 Å². The van der Waals surface area contributed by atoms with Crippen molar-refractivity contribution in [2.45, 2.75) is 65.7 Å². The minimum Gasteiger partial charge on any atom is -0.258 e. The quantitative estimate of drug-likeness (QED) is 0.406. The lowest BCUT2D eigenvalue weighted by atomic mass is 9.93. The molecule has 1 unspecified atom stereocenters. The van der Waals surface area contributed by atoms with Gasteiger partial charge >= 0.3 is 0 Å². The van der Waals surface area contributed by atoms with Crippen molar-refractivity contribution in [1.82, 2.24) is 10.9 Å². The third-order valence-electron chi connectivity index (χ3n) is 2.89. The summed E-state index contributed by atoms with van der Waals surface area (Å²) in [7, 11) is 0. The van der Waals surface area contributed by atoms with Crippen LogP contribution in [0.15, 0.2) is 0 Å². The summed E-state index contributed by atoms with van der Waals surface area (Å²) >= 11 is 0. The van der Waals surface area contributed by atoms with Gasteiger partial charge < -0.3 is 0 Å². The summed E-state index contributed by atoms with van der Waals surface area (Å²) in [5, 5.41) is 0. The summed E-state index contributed by atoms with van der Waals surface area (Å²) in [4.78, 5) is 0. The van der Waals surface area contributed by atoms with Crippen LogP contribution < -0.4 is 10.9 Å². The first-order valence-corrected chi connectivity index (χ1v) is 6.80. The van der Waals surface area contributed by atoms with Gasteiger partial charge in [-0.25, -0.2) is 0 Å². The van der Waals surface area contributed by atoms with Crippen LogP contribution in [0.25, 0.3) is 0 Å². The van der Waals surface area contributed by atoms with Crippen molar-refractivity contribution in [3.05, 3.63) is 0 Å². The first-order valence-electron chi connectivity index (χ1n) is 6.80. The van der Waals surface area contributed by atoms with Crippen molar-refractivity contribution in [3.8, 4) is 0 Å². The molecular weight excluding hydrogens is 184 g/mol. The zero-order valence-corrected chi connectivity index (χ0v) is 10.9. The number of nitrogens with one attached hydrogen (secondary N) is 2. The highest BCUT2D eigenvalue weighted by molar-refractivity contribution is 4.60. The molecule has 92 valence electrons. The number of hydrogen-bond acceptors (Lipinski definition) is 2. The van der Waals surface area contributed by atoms with Crippen LogP contribution in [0.3, 0.4) is 0 Å². The lowest BCUT2D eigenvalue weighted by Gasteiger charge is -2.16. The zero-order valence-electron chi connectivity index (χ0n) is 10.9. The minimum absolute atomic E-state index is 0.938. The Kier molecular flexibility index (Phi) is 11.9. The Labute approximate surface area is 96.2 Å². The van der Waals surface area contributed by atoms with Crippen LogP contribution in [-0.4, -0.2) is 13.1 Å². The molecule has 0 bridgehead atoms. The molecule has 2 N–H and O–H groups in total. The van der Waals surface area contributed by atoms with E-state index in [0.29, 0.717) is 0 Å². The smallest absolute Gasteiger partial charge is 0.0102 e. The van der Waals surface area contributed by atoms with Crippen molar-refractivity contribution in [2.75, 3.05) is 13.1 Å². The minimum atomic E-state index is 0.938. The molecule has 0 aromatic rings. The summed E-state index contributed by atoms with van der Waals surface area (Å²) in [6, 6.07) is 0. The van der Waals surface area contributed by atoms with Crippen molar-refractivity contribution < 1.29 is 0 Å². The van der Waals surface area contributed by atoms with Crippen LogP contribution >= 0.6 is 0 Å². The van der Waals surface area contributed by atoms with Gasteiger partial charge in [-0.05, 0) is 12.3 Å². The van der Waals surface area contributed by atoms with Gasteiger partial charge in [0.05, 0.1) is 0 Å². The summed E-state index contributed by atoms with van der Waals surface area (Å²) in [6.45, 7) is 8.82. The molecule has 2 heteroatoms. The predicted octanol–water partition coefficient (Wildman–Crippen LogP) is 3.49. The van der Waals surface area contributed by atoms with Crippen LogP contribution in [0.5, 0.6) is 0 Å². The van der Waals surface area contributed by atoms with Gasteiger partial charge in [0.15, 0.2) is 0 Å². The van der Waals surface area contributed by atoms with Crippen molar-refractivity contribution in [2.24, 2.45) is 5.92 Å². The molecule has 0 aromatic carbocycles. The fourth-order valence-corrected chi connectivity index (χ4v) is 2.01. The van der Waals surface area contributed by atoms with E-state index in [1.807, 2.05) is 0 Å². The second-order valence-electron chi connectivity index (χ2n) is 4.40. The molecule has 0 aliphatic carbocycles. The predicted molar refractivity (Wildman–Crippen MR) is 68.8 cm³/mol. The zero-order chi connectivity index (χ0) is 11.4. The summed E-state index contributed by atoms with van der Waals surface area (Å²) in [6.07, 6.45) is 9.65. The SMILES string of the molecule is CCCCCC(CCC)CCNNCC. The van der Waals surface area contributed by atoms with Gasteiger partial charge in [-0.15, -0.1) is 0 Å². The molecule has 0 saturated heterocycles. The monoisotopic (exact) mass is 214 g/mol. The molecule has 0 amide bonds. The Balaban J connectivity index is 3.44. The summed E-state index contributed by atoms with van der Waals surface area (Å²) < 4.78 is 0. The van der Waals surface area contributed by atoms with Crippen molar-refractivity contribution >= 4 is 0 Å². The molecule has 1 atom stereocenters. The normalized spacial score (nSPS) is 13.0. The molecule has 0 rings (SSSR count). The molecule has 0 heterocycles. The van der Waals surface area contributed by atoms with Gasteiger partial charge in [0.2, 0.25) is 0 Å². The number of hydrogen-bond donors (Lipinski definition) is 2. The van der Waals surface area contributed by atoms with E-state index < -0.39 is 0 Å². The Hall–Kier alpha value is -0.0800. The van der Waals surface area contributed by atoms with E-state index >= 15 is 0 Å². The van der Waals surface area contributed by atoms with Crippen LogP contribution in [0, 0.1) is 5.92 Å². The molecule has 0 aliphatic heterocycles. The Morgan fingerprint density at radius 2 is 1.60 bits per heavy atom. The topological polar surface area (TPSA) is 24.1 Å². The highest BCUT2D eigenvalue weighted by Crippen LogP contribution is 2.18. The van der Waals surface area contributed by atoms with Crippen LogP contribution in [0.4, 0.5) is 0 Å². The fourth-order valence-electron chi connectivity index (χ4n) is 2.01. The second-order valence-corrected chi connectivity index (χ2v) is 4.40. The van der Waals surface area contributed by atoms with E-state index in [1.54, 1.807) is 0 Å². The largest absolute Gasteiger partial charge is 0.258 e. The molecule has 0 saturated carbocycles. The second kappa shape index (κ2) is 12.0. The van der Waals surface area contributed by atoms with E-state index in [0.717, 1.165) is 19.0 Å². The maximum absolute atomic E-state index is 3.26. The summed E-state index contributed by atoms with van der Waals surface area (Å²) in [5.41, 5.74) is 6.43. The van der Waals surface area contributed by atoms with Gasteiger partial charge in [0.1, 0.15) is 0 Å². The Morgan fingerprint density at radius 1 is 0.800 bits per heavy atom. The highest BCUT2D eigenvalue weighted by Gasteiger charge is 2.06. The lowest BCUT2D eigenvalue weighted by molar-refractivity contribution is 0.377. The fraction of sp³-hybridized carbons (Fsp3) is 1.00. The maximum atomic E-state index is 3.26. The van der Waals surface area contributed by atoms with E-state index in [2.05, 4.69) is 31.6 Å². The molecule has 0 aliphatic rings. The van der Waals surface area contributed by atoms with Gasteiger partial charge in [-0.2, -0.15) is 0 Å².